The van der Waals surface area contributed by atoms with Gasteiger partial charge in [-0.1, -0.05) is 37.0 Å². The maximum absolute atomic E-state index is 12.6. The largest absolute Gasteiger partial charge is 0.296 e. The molecule has 0 N–H and O–H groups in total. The van der Waals surface area contributed by atoms with E-state index in [1.54, 1.807) is 0 Å². The van der Waals surface area contributed by atoms with Crippen molar-refractivity contribution in [1.29, 1.82) is 0 Å². The van der Waals surface area contributed by atoms with Crippen molar-refractivity contribution in [3.05, 3.63) is 34.4 Å². The molecule has 1 aromatic carbocycles. The second kappa shape index (κ2) is 7.03. The molecule has 0 unspecified atom stereocenters. The summed E-state index contributed by atoms with van der Waals surface area (Å²) in [5.74, 6) is 0.292. The zero-order valence-corrected chi connectivity index (χ0v) is 13.2. The summed E-state index contributed by atoms with van der Waals surface area (Å²) in [5, 5.41) is 0. The highest BCUT2D eigenvalue weighted by Gasteiger charge is 2.17. The fraction of sp³-hybridized carbons (Fsp3) is 0.611. The number of ketones is 1. The molecule has 0 spiro atoms. The van der Waals surface area contributed by atoms with Crippen LogP contribution in [0.25, 0.3) is 0 Å². The predicted octanol–water partition coefficient (Wildman–Crippen LogP) is 4.06. The van der Waals surface area contributed by atoms with Crippen molar-refractivity contribution < 1.29 is 4.79 Å². The molecule has 0 radical (unpaired) electrons. The lowest BCUT2D eigenvalue weighted by molar-refractivity contribution is 0.0923. The van der Waals surface area contributed by atoms with E-state index < -0.39 is 0 Å². The van der Waals surface area contributed by atoms with Gasteiger partial charge in [0.05, 0.1) is 6.54 Å². The quantitative estimate of drug-likeness (QED) is 0.774. The molecule has 1 saturated heterocycles. The lowest BCUT2D eigenvalue weighted by Crippen LogP contribution is -2.33. The number of hydrogen-bond donors (Lipinski definition) is 0. The second-order valence-corrected chi connectivity index (χ2v) is 6.24. The highest BCUT2D eigenvalue weighted by molar-refractivity contribution is 6.00. The maximum atomic E-state index is 12.6. The first-order chi connectivity index (χ1) is 9.58. The van der Waals surface area contributed by atoms with Crippen LogP contribution in [0.2, 0.25) is 0 Å². The molecular weight excluding hydrogens is 246 g/mol. The summed E-state index contributed by atoms with van der Waals surface area (Å²) in [4.78, 5) is 15.0. The molecule has 1 aliphatic rings. The van der Waals surface area contributed by atoms with Crippen molar-refractivity contribution in [3.63, 3.8) is 0 Å². The molecule has 20 heavy (non-hydrogen) atoms. The van der Waals surface area contributed by atoms with Gasteiger partial charge < -0.3 is 0 Å². The van der Waals surface area contributed by atoms with Gasteiger partial charge in [-0.15, -0.1) is 0 Å². The van der Waals surface area contributed by atoms with Gasteiger partial charge in [0, 0.05) is 5.56 Å². The molecule has 1 heterocycles. The normalized spacial score (nSPS) is 17.6. The van der Waals surface area contributed by atoms with Gasteiger partial charge in [-0.05, 0) is 57.8 Å². The lowest BCUT2D eigenvalue weighted by Gasteiger charge is -2.24. The van der Waals surface area contributed by atoms with Crippen LogP contribution in [0.1, 0.15) is 59.2 Å². The van der Waals surface area contributed by atoms with Crippen LogP contribution < -0.4 is 0 Å². The first-order valence-electron chi connectivity index (χ1n) is 7.91. The Morgan fingerprint density at radius 3 is 2.00 bits per heavy atom. The number of carbonyl (C=O) groups excluding carboxylic acids is 1. The average Bonchev–Trinajstić information content (AvgIpc) is 2.31. The van der Waals surface area contributed by atoms with E-state index in [0.717, 1.165) is 29.8 Å². The number of rotatable bonds is 3. The van der Waals surface area contributed by atoms with Crippen molar-refractivity contribution >= 4 is 5.78 Å². The van der Waals surface area contributed by atoms with Gasteiger partial charge in [0.2, 0.25) is 0 Å². The van der Waals surface area contributed by atoms with E-state index in [0.29, 0.717) is 12.3 Å². The molecule has 110 valence electrons. The van der Waals surface area contributed by atoms with Crippen LogP contribution in [-0.4, -0.2) is 30.3 Å². The SMILES string of the molecule is Cc1cc(C)c(C(=O)CN2CCCCCCC2)c(C)c1. The topological polar surface area (TPSA) is 20.3 Å². The summed E-state index contributed by atoms with van der Waals surface area (Å²) in [7, 11) is 0. The first kappa shape index (κ1) is 15.2. The van der Waals surface area contributed by atoms with Gasteiger partial charge >= 0.3 is 0 Å². The second-order valence-electron chi connectivity index (χ2n) is 6.24. The molecule has 0 aromatic heterocycles. The first-order valence-corrected chi connectivity index (χ1v) is 7.91. The molecule has 2 heteroatoms. The summed E-state index contributed by atoms with van der Waals surface area (Å²) in [6.45, 7) is 8.95. The Morgan fingerprint density at radius 2 is 1.45 bits per heavy atom. The minimum atomic E-state index is 0.292. The van der Waals surface area contributed by atoms with Crippen molar-refractivity contribution in [2.75, 3.05) is 19.6 Å². The smallest absolute Gasteiger partial charge is 0.177 e. The molecule has 0 aliphatic carbocycles. The Labute approximate surface area is 123 Å². The van der Waals surface area contributed by atoms with Gasteiger partial charge in [0.25, 0.3) is 0 Å². The molecule has 1 aliphatic heterocycles. The summed E-state index contributed by atoms with van der Waals surface area (Å²) in [6, 6.07) is 4.24. The van der Waals surface area contributed by atoms with Gasteiger partial charge in [0.1, 0.15) is 0 Å². The number of benzene rings is 1. The molecule has 2 rings (SSSR count). The summed E-state index contributed by atoms with van der Waals surface area (Å²) < 4.78 is 0. The summed E-state index contributed by atoms with van der Waals surface area (Å²) in [5.41, 5.74) is 4.43. The van der Waals surface area contributed by atoms with Gasteiger partial charge in [-0.25, -0.2) is 0 Å². The van der Waals surface area contributed by atoms with Gasteiger partial charge in [0.15, 0.2) is 5.78 Å². The third-order valence-electron chi connectivity index (χ3n) is 4.27. The van der Waals surface area contributed by atoms with E-state index in [9.17, 15) is 4.79 Å². The Balaban J connectivity index is 2.07. The highest BCUT2D eigenvalue weighted by Crippen LogP contribution is 2.18. The fourth-order valence-corrected chi connectivity index (χ4v) is 3.37. The van der Waals surface area contributed by atoms with E-state index in [-0.39, 0.29) is 0 Å². The van der Waals surface area contributed by atoms with Crippen molar-refractivity contribution in [2.24, 2.45) is 0 Å². The van der Waals surface area contributed by atoms with Crippen LogP contribution in [0.3, 0.4) is 0 Å². The Hall–Kier alpha value is -1.15. The number of carbonyl (C=O) groups is 1. The maximum Gasteiger partial charge on any atom is 0.177 e. The van der Waals surface area contributed by atoms with Crippen LogP contribution in [0, 0.1) is 20.8 Å². The van der Waals surface area contributed by atoms with Crippen LogP contribution in [0.15, 0.2) is 12.1 Å². The molecule has 1 fully saturated rings. The van der Waals surface area contributed by atoms with E-state index in [4.69, 9.17) is 0 Å². The third kappa shape index (κ3) is 3.92. The Kier molecular flexibility index (Phi) is 5.36. The highest BCUT2D eigenvalue weighted by atomic mass is 16.1. The predicted molar refractivity (Wildman–Crippen MR) is 84.5 cm³/mol. The van der Waals surface area contributed by atoms with Crippen LogP contribution in [-0.2, 0) is 0 Å². The van der Waals surface area contributed by atoms with Crippen molar-refractivity contribution in [3.8, 4) is 0 Å². The number of hydrogen-bond acceptors (Lipinski definition) is 2. The number of Topliss-reactive ketones (excluding diaryl/α,β-unsaturated/α-hetero) is 1. The molecule has 0 amide bonds. The van der Waals surface area contributed by atoms with Gasteiger partial charge in [-0.3, -0.25) is 9.69 Å². The minimum Gasteiger partial charge on any atom is -0.296 e. The van der Waals surface area contributed by atoms with E-state index >= 15 is 0 Å². The lowest BCUT2D eigenvalue weighted by atomic mass is 9.96. The van der Waals surface area contributed by atoms with Gasteiger partial charge in [-0.2, -0.15) is 0 Å². The Morgan fingerprint density at radius 1 is 0.950 bits per heavy atom. The zero-order chi connectivity index (χ0) is 14.5. The summed E-state index contributed by atoms with van der Waals surface area (Å²) in [6.07, 6.45) is 6.46. The van der Waals surface area contributed by atoms with E-state index in [1.165, 1.54) is 37.7 Å². The van der Waals surface area contributed by atoms with Crippen molar-refractivity contribution in [1.82, 2.24) is 4.90 Å². The number of likely N-dealkylation sites (tertiary alicyclic amines) is 1. The van der Waals surface area contributed by atoms with E-state index in [2.05, 4.69) is 37.8 Å². The van der Waals surface area contributed by atoms with Crippen molar-refractivity contribution in [2.45, 2.75) is 52.9 Å². The van der Waals surface area contributed by atoms with Crippen LogP contribution in [0.4, 0.5) is 0 Å². The number of aryl methyl sites for hydroxylation is 3. The fourth-order valence-electron chi connectivity index (χ4n) is 3.37. The molecule has 0 bridgehead atoms. The molecular formula is C18H27NO. The average molecular weight is 273 g/mol. The molecule has 0 saturated carbocycles. The van der Waals surface area contributed by atoms with E-state index in [1.807, 2.05) is 0 Å². The monoisotopic (exact) mass is 273 g/mol. The molecule has 2 nitrogen and oxygen atoms in total. The summed E-state index contributed by atoms with van der Waals surface area (Å²) >= 11 is 0. The van der Waals surface area contributed by atoms with Crippen LogP contribution >= 0.6 is 0 Å². The standard InChI is InChI=1S/C18H27NO/c1-14-11-15(2)18(16(3)12-14)17(20)13-19-9-7-5-4-6-8-10-19/h11-12H,4-10,13H2,1-3H3. The van der Waals surface area contributed by atoms with Crippen LogP contribution in [0.5, 0.6) is 0 Å². The minimum absolute atomic E-state index is 0.292. The Bertz CT molecular complexity index is 447. The molecule has 1 aromatic rings. The zero-order valence-electron chi connectivity index (χ0n) is 13.2. The number of nitrogens with zero attached hydrogens (tertiary/aromatic N) is 1. The third-order valence-corrected chi connectivity index (χ3v) is 4.27. The molecule has 0 atom stereocenters.